The Morgan fingerprint density at radius 3 is 2.45 bits per heavy atom. The highest BCUT2D eigenvalue weighted by atomic mass is 79.9. The van der Waals surface area contributed by atoms with Crippen molar-refractivity contribution < 1.29 is 4.92 Å². The van der Waals surface area contributed by atoms with Crippen molar-refractivity contribution in [2.75, 3.05) is 0 Å². The molecule has 0 bridgehead atoms. The van der Waals surface area contributed by atoms with Crippen molar-refractivity contribution in [3.8, 4) is 0 Å². The first-order chi connectivity index (χ1) is 9.47. The maximum atomic E-state index is 11.9. The summed E-state index contributed by atoms with van der Waals surface area (Å²) in [6.45, 7) is 0.509. The van der Waals surface area contributed by atoms with E-state index in [1.807, 2.05) is 0 Å². The molecule has 0 N–H and O–H groups in total. The van der Waals surface area contributed by atoms with Crippen molar-refractivity contribution in [2.45, 2.75) is 13.0 Å². The van der Waals surface area contributed by atoms with Gasteiger partial charge in [0.15, 0.2) is 0 Å². The van der Waals surface area contributed by atoms with Crippen LogP contribution in [0.2, 0.25) is 0 Å². The second kappa shape index (κ2) is 6.32. The van der Waals surface area contributed by atoms with Gasteiger partial charge in [-0.2, -0.15) is 0 Å². The molecule has 1 aromatic carbocycles. The van der Waals surface area contributed by atoms with Gasteiger partial charge in [-0.25, -0.2) is 0 Å². The first-order valence-corrected chi connectivity index (χ1v) is 7.35. The molecule has 0 atom stereocenters. The fourth-order valence-electron chi connectivity index (χ4n) is 1.76. The number of aromatic nitrogens is 1. The molecule has 2 rings (SSSR count). The average Bonchev–Trinajstić information content (AvgIpc) is 2.41. The quantitative estimate of drug-likeness (QED) is 0.581. The minimum atomic E-state index is -0.431. The SMILES string of the molecule is O=c1c(Br)cc(Br)cn1CCc1ccc([N+](=O)[O-])cc1. The van der Waals surface area contributed by atoms with E-state index in [0.717, 1.165) is 10.0 Å². The van der Waals surface area contributed by atoms with Gasteiger partial charge in [0, 0.05) is 29.3 Å². The van der Waals surface area contributed by atoms with Crippen molar-refractivity contribution >= 4 is 37.5 Å². The highest BCUT2D eigenvalue weighted by Crippen LogP contribution is 2.15. The second-order valence-corrected chi connectivity index (χ2v) is 5.95. The number of hydrogen-bond acceptors (Lipinski definition) is 3. The lowest BCUT2D eigenvalue weighted by atomic mass is 10.1. The van der Waals surface area contributed by atoms with Crippen LogP contribution in [-0.4, -0.2) is 9.49 Å². The van der Waals surface area contributed by atoms with Gasteiger partial charge >= 0.3 is 0 Å². The van der Waals surface area contributed by atoms with Crippen LogP contribution in [0.4, 0.5) is 5.69 Å². The maximum absolute atomic E-state index is 11.9. The summed E-state index contributed by atoms with van der Waals surface area (Å²) in [7, 11) is 0. The van der Waals surface area contributed by atoms with Gasteiger partial charge in [0.05, 0.1) is 9.40 Å². The number of benzene rings is 1. The molecule has 0 amide bonds. The molecule has 2 aromatic rings. The summed E-state index contributed by atoms with van der Waals surface area (Å²) in [6, 6.07) is 8.04. The van der Waals surface area contributed by atoms with Crippen LogP contribution in [0.5, 0.6) is 0 Å². The number of nitro groups is 1. The Morgan fingerprint density at radius 1 is 1.20 bits per heavy atom. The monoisotopic (exact) mass is 400 g/mol. The van der Waals surface area contributed by atoms with Crippen LogP contribution in [0.25, 0.3) is 0 Å². The predicted octanol–water partition coefficient (Wildman–Crippen LogP) is 3.52. The molecule has 0 aliphatic heterocycles. The van der Waals surface area contributed by atoms with Gasteiger partial charge in [-0.3, -0.25) is 14.9 Å². The molecule has 5 nitrogen and oxygen atoms in total. The van der Waals surface area contributed by atoms with E-state index in [1.54, 1.807) is 29.0 Å². The van der Waals surface area contributed by atoms with E-state index in [9.17, 15) is 14.9 Å². The third-order valence-corrected chi connectivity index (χ3v) is 3.80. The number of pyridine rings is 1. The zero-order chi connectivity index (χ0) is 14.7. The Hall–Kier alpha value is -1.47. The summed E-state index contributed by atoms with van der Waals surface area (Å²) in [4.78, 5) is 22.0. The third kappa shape index (κ3) is 3.55. The number of nitro benzene ring substituents is 1. The van der Waals surface area contributed by atoms with E-state index in [0.29, 0.717) is 17.4 Å². The lowest BCUT2D eigenvalue weighted by molar-refractivity contribution is -0.384. The number of nitrogens with zero attached hydrogens (tertiary/aromatic N) is 2. The number of non-ortho nitro benzene ring substituents is 1. The first kappa shape index (κ1) is 14.9. The number of aryl methyl sites for hydroxylation is 2. The zero-order valence-electron chi connectivity index (χ0n) is 10.3. The van der Waals surface area contributed by atoms with E-state index in [-0.39, 0.29) is 11.2 Å². The van der Waals surface area contributed by atoms with Crippen molar-refractivity contribution in [3.63, 3.8) is 0 Å². The molecule has 0 aliphatic carbocycles. The van der Waals surface area contributed by atoms with Gasteiger partial charge in [-0.15, -0.1) is 0 Å². The Balaban J connectivity index is 2.13. The smallest absolute Gasteiger partial charge is 0.269 e. The molecule has 0 unspecified atom stereocenters. The van der Waals surface area contributed by atoms with Crippen molar-refractivity contribution in [2.24, 2.45) is 0 Å². The van der Waals surface area contributed by atoms with Crippen LogP contribution in [0, 0.1) is 10.1 Å². The zero-order valence-corrected chi connectivity index (χ0v) is 13.4. The van der Waals surface area contributed by atoms with Crippen LogP contribution < -0.4 is 5.56 Å². The van der Waals surface area contributed by atoms with Crippen LogP contribution in [-0.2, 0) is 13.0 Å². The van der Waals surface area contributed by atoms with Gasteiger partial charge in [-0.05, 0) is 49.9 Å². The van der Waals surface area contributed by atoms with Gasteiger partial charge < -0.3 is 4.57 Å². The van der Waals surface area contributed by atoms with E-state index in [1.165, 1.54) is 12.1 Å². The molecule has 0 aliphatic rings. The standard InChI is InChI=1S/C13H10Br2N2O3/c14-10-7-12(15)13(18)16(8-10)6-5-9-1-3-11(4-2-9)17(19)20/h1-4,7-8H,5-6H2. The Kier molecular flexibility index (Phi) is 4.72. The molecule has 104 valence electrons. The van der Waals surface area contributed by atoms with Crippen molar-refractivity contribution in [3.05, 3.63) is 71.5 Å². The molecular formula is C13H10Br2N2O3. The third-order valence-electron chi connectivity index (χ3n) is 2.80. The van der Waals surface area contributed by atoms with Gasteiger partial charge in [0.2, 0.25) is 0 Å². The molecule has 1 aromatic heterocycles. The van der Waals surface area contributed by atoms with Crippen LogP contribution in [0.1, 0.15) is 5.56 Å². The Labute approximate surface area is 131 Å². The lowest BCUT2D eigenvalue weighted by Crippen LogP contribution is -2.21. The van der Waals surface area contributed by atoms with Crippen LogP contribution in [0.15, 0.2) is 50.3 Å². The summed E-state index contributed by atoms with van der Waals surface area (Å²) in [6.07, 6.45) is 2.35. The molecular weight excluding hydrogens is 392 g/mol. The molecule has 0 fully saturated rings. The number of hydrogen-bond donors (Lipinski definition) is 0. The normalized spacial score (nSPS) is 10.5. The summed E-state index contributed by atoms with van der Waals surface area (Å²) >= 11 is 6.54. The number of halogens is 2. The minimum Gasteiger partial charge on any atom is -0.313 e. The largest absolute Gasteiger partial charge is 0.313 e. The predicted molar refractivity (Wildman–Crippen MR) is 82.9 cm³/mol. The molecule has 0 spiro atoms. The fraction of sp³-hybridized carbons (Fsp3) is 0.154. The van der Waals surface area contributed by atoms with Gasteiger partial charge in [0.25, 0.3) is 11.2 Å². The molecule has 0 saturated heterocycles. The van der Waals surface area contributed by atoms with E-state index in [4.69, 9.17) is 0 Å². The van der Waals surface area contributed by atoms with E-state index < -0.39 is 4.92 Å². The van der Waals surface area contributed by atoms with Crippen molar-refractivity contribution in [1.29, 1.82) is 0 Å². The minimum absolute atomic E-state index is 0.0658. The molecule has 0 saturated carbocycles. The summed E-state index contributed by atoms with van der Waals surface area (Å²) in [5.41, 5.74) is 0.907. The molecule has 7 heteroatoms. The van der Waals surface area contributed by atoms with E-state index in [2.05, 4.69) is 31.9 Å². The number of rotatable bonds is 4. The summed E-state index contributed by atoms with van der Waals surface area (Å²) < 4.78 is 2.90. The van der Waals surface area contributed by atoms with Crippen LogP contribution in [0.3, 0.4) is 0 Å². The topological polar surface area (TPSA) is 65.1 Å². The molecule has 1 heterocycles. The van der Waals surface area contributed by atoms with E-state index >= 15 is 0 Å². The van der Waals surface area contributed by atoms with Crippen molar-refractivity contribution in [1.82, 2.24) is 4.57 Å². The van der Waals surface area contributed by atoms with Crippen LogP contribution >= 0.6 is 31.9 Å². The first-order valence-electron chi connectivity index (χ1n) is 5.76. The fourth-order valence-corrected chi connectivity index (χ4v) is 3.02. The molecule has 20 heavy (non-hydrogen) atoms. The average molecular weight is 402 g/mol. The highest BCUT2D eigenvalue weighted by molar-refractivity contribution is 9.11. The second-order valence-electron chi connectivity index (χ2n) is 4.18. The Bertz CT molecular complexity index is 696. The maximum Gasteiger partial charge on any atom is 0.269 e. The summed E-state index contributed by atoms with van der Waals surface area (Å²) in [5.74, 6) is 0. The molecule has 0 radical (unpaired) electrons. The van der Waals surface area contributed by atoms with Gasteiger partial charge in [-0.1, -0.05) is 12.1 Å². The lowest BCUT2D eigenvalue weighted by Gasteiger charge is -2.07. The Morgan fingerprint density at radius 2 is 1.85 bits per heavy atom. The van der Waals surface area contributed by atoms with Gasteiger partial charge in [0.1, 0.15) is 0 Å². The summed E-state index contributed by atoms with van der Waals surface area (Å²) in [5, 5.41) is 10.6. The highest BCUT2D eigenvalue weighted by Gasteiger charge is 2.06.